The molecule has 0 spiro atoms. The summed E-state index contributed by atoms with van der Waals surface area (Å²) < 4.78 is 1.40. The summed E-state index contributed by atoms with van der Waals surface area (Å²) in [6, 6.07) is 1.71. The summed E-state index contributed by atoms with van der Waals surface area (Å²) in [5.74, 6) is 0.771. The van der Waals surface area contributed by atoms with E-state index in [0.29, 0.717) is 17.3 Å². The number of hydrogen-bond acceptors (Lipinski definition) is 4. The van der Waals surface area contributed by atoms with Crippen LogP contribution in [0.4, 0.5) is 5.82 Å². The first-order valence-corrected chi connectivity index (χ1v) is 5.96. The van der Waals surface area contributed by atoms with Gasteiger partial charge in [-0.3, -0.25) is 0 Å². The fourth-order valence-electron chi connectivity index (χ4n) is 2.16. The molecule has 0 saturated heterocycles. The summed E-state index contributed by atoms with van der Waals surface area (Å²) in [6.45, 7) is 4.95. The maximum atomic E-state index is 5.98. The molecule has 0 aliphatic carbocycles. The van der Waals surface area contributed by atoms with E-state index < -0.39 is 10.7 Å². The summed E-state index contributed by atoms with van der Waals surface area (Å²) in [6.07, 6.45) is 0. The van der Waals surface area contributed by atoms with Crippen molar-refractivity contribution in [3.05, 3.63) is 11.8 Å². The van der Waals surface area contributed by atoms with Crippen molar-refractivity contribution in [3.8, 4) is 0 Å². The third-order valence-electron chi connectivity index (χ3n) is 2.63. The van der Waals surface area contributed by atoms with Crippen LogP contribution in [-0.4, -0.2) is 69.5 Å². The smallest absolute Gasteiger partial charge is 0.253 e. The normalized spacial score (nSPS) is 12.8. The van der Waals surface area contributed by atoms with Crippen LogP contribution in [0.1, 0.15) is 19.5 Å². The summed E-state index contributed by atoms with van der Waals surface area (Å²) in [7, 11) is 29.5. The maximum Gasteiger partial charge on any atom is 0.253 e. The molecule has 0 atom stereocenters. The summed E-state index contributed by atoms with van der Waals surface area (Å²) in [4.78, 5) is 9.66. The van der Waals surface area contributed by atoms with Crippen LogP contribution in [-0.2, 0) is 0 Å². The maximum absolute atomic E-state index is 5.98. The highest BCUT2D eigenvalue weighted by molar-refractivity contribution is 6.47. The molecule has 0 saturated carbocycles. The highest BCUT2D eigenvalue weighted by atomic mass is 15.4. The van der Waals surface area contributed by atoms with Gasteiger partial charge in [0.15, 0.2) is 7.85 Å². The van der Waals surface area contributed by atoms with Crippen molar-refractivity contribution < 1.29 is 0 Å². The first-order chi connectivity index (χ1) is 9.00. The van der Waals surface area contributed by atoms with Gasteiger partial charge in [-0.05, 0) is 17.6 Å². The van der Waals surface area contributed by atoms with Gasteiger partial charge in [0, 0.05) is 11.8 Å². The minimum atomic E-state index is -1.32. The van der Waals surface area contributed by atoms with Gasteiger partial charge in [-0.1, -0.05) is 13.8 Å². The zero-order chi connectivity index (χ0) is 15.3. The summed E-state index contributed by atoms with van der Waals surface area (Å²) >= 11 is 0. The lowest BCUT2D eigenvalue weighted by molar-refractivity contribution is 0.650. The van der Waals surface area contributed by atoms with Gasteiger partial charge < -0.3 is 4.90 Å². The Hall–Kier alpha value is -1.33. The quantitative estimate of drug-likeness (QED) is 0.598. The lowest BCUT2D eigenvalue weighted by Gasteiger charge is -2.49. The Labute approximate surface area is 125 Å². The molecular weight excluding hydrogens is 244 g/mol. The first kappa shape index (κ1) is 15.1. The lowest BCUT2D eigenvalue weighted by atomic mass is 9.54. The Morgan fingerprint density at radius 3 is 2.15 bits per heavy atom. The Kier molecular flexibility index (Phi) is 3.47. The molecule has 0 unspecified atom stereocenters. The standard InChI is InChI=1S/C10H10B5N5/c1-5-4-6(19-8(16-5)17-7(11)18-19)20(9(2,12)13)10(3,14)15/h4H,1-3H3. The molecule has 0 fully saturated rings. The van der Waals surface area contributed by atoms with Gasteiger partial charge in [0.05, 0.1) is 37.1 Å². The lowest BCUT2D eigenvalue weighted by Crippen LogP contribution is -2.61. The van der Waals surface area contributed by atoms with Gasteiger partial charge in [-0.25, -0.2) is 9.97 Å². The molecular formula is C10H10B5N5. The molecule has 2 aromatic heterocycles. The number of fused-ring (bicyclic) bond motifs is 1. The van der Waals surface area contributed by atoms with Crippen molar-refractivity contribution in [2.45, 2.75) is 31.4 Å². The first-order valence-electron chi connectivity index (χ1n) is 5.96. The monoisotopic (exact) mass is 255 g/mol. The van der Waals surface area contributed by atoms with E-state index in [4.69, 9.17) is 39.2 Å². The highest BCUT2D eigenvalue weighted by Crippen LogP contribution is 2.26. The Morgan fingerprint density at radius 1 is 1.10 bits per heavy atom. The van der Waals surface area contributed by atoms with Gasteiger partial charge in [0.1, 0.15) is 5.82 Å². The topological polar surface area (TPSA) is 46.3 Å². The number of anilines is 1. The van der Waals surface area contributed by atoms with Crippen molar-refractivity contribution in [1.82, 2.24) is 19.6 Å². The second-order valence-electron chi connectivity index (χ2n) is 5.22. The van der Waals surface area contributed by atoms with Crippen LogP contribution in [0.3, 0.4) is 0 Å². The predicted molar refractivity (Wildman–Crippen MR) is 83.2 cm³/mol. The fourth-order valence-corrected chi connectivity index (χ4v) is 2.16. The van der Waals surface area contributed by atoms with E-state index in [9.17, 15) is 0 Å². The largest absolute Gasteiger partial charge is 0.380 e. The number of rotatable bonds is 3. The molecule has 0 bridgehead atoms. The minimum Gasteiger partial charge on any atom is -0.380 e. The van der Waals surface area contributed by atoms with E-state index >= 15 is 0 Å². The zero-order valence-corrected chi connectivity index (χ0v) is 11.7. The second kappa shape index (κ2) is 4.60. The minimum absolute atomic E-state index is 0.0794. The van der Waals surface area contributed by atoms with E-state index in [1.54, 1.807) is 26.8 Å². The summed E-state index contributed by atoms with van der Waals surface area (Å²) in [5.41, 5.74) is 0.759. The molecule has 10 heteroatoms. The number of aryl methyl sites for hydroxylation is 1. The third kappa shape index (κ3) is 2.74. The molecule has 0 aromatic carbocycles. The molecule has 0 amide bonds. The molecule has 20 heavy (non-hydrogen) atoms. The summed E-state index contributed by atoms with van der Waals surface area (Å²) in [5, 5.41) is 1.42. The van der Waals surface area contributed by atoms with Gasteiger partial charge in [-0.15, -0.1) is 0 Å². The second-order valence-corrected chi connectivity index (χ2v) is 5.22. The molecule has 0 aliphatic heterocycles. The van der Waals surface area contributed by atoms with Crippen LogP contribution in [0.25, 0.3) is 5.78 Å². The number of hydrogen-bond donors (Lipinski definition) is 0. The SMILES string of the molecule is [B]c1nc2nc(C)cc(N(C([B])([B])C)C([B])([B])C)n2n1. The molecule has 2 rings (SSSR count). The van der Waals surface area contributed by atoms with E-state index in [1.165, 1.54) is 9.42 Å². The Morgan fingerprint density at radius 2 is 1.65 bits per heavy atom. The van der Waals surface area contributed by atoms with Crippen LogP contribution < -0.4 is 10.6 Å². The average Bonchev–Trinajstić information content (AvgIpc) is 2.53. The average molecular weight is 254 g/mol. The molecule has 2 aromatic rings. The Bertz CT molecular complexity index is 628. The van der Waals surface area contributed by atoms with Crippen molar-refractivity contribution in [2.24, 2.45) is 0 Å². The van der Waals surface area contributed by atoms with Crippen molar-refractivity contribution in [1.29, 1.82) is 0 Å². The number of nitrogens with zero attached hydrogens (tertiary/aromatic N) is 5. The van der Waals surface area contributed by atoms with E-state index in [0.717, 1.165) is 0 Å². The van der Waals surface area contributed by atoms with E-state index in [1.807, 2.05) is 0 Å². The van der Waals surface area contributed by atoms with Crippen LogP contribution in [0.15, 0.2) is 6.07 Å². The zero-order valence-electron chi connectivity index (χ0n) is 11.7. The van der Waals surface area contributed by atoms with E-state index in [2.05, 4.69) is 15.1 Å². The third-order valence-corrected chi connectivity index (χ3v) is 2.63. The van der Waals surface area contributed by atoms with Crippen LogP contribution in [0.5, 0.6) is 0 Å². The molecule has 2 heterocycles. The van der Waals surface area contributed by atoms with Gasteiger partial charge >= 0.3 is 0 Å². The molecule has 0 N–H and O–H groups in total. The molecule has 5 nitrogen and oxygen atoms in total. The molecule has 10 radical (unpaired) electrons. The van der Waals surface area contributed by atoms with Crippen LogP contribution >= 0.6 is 0 Å². The van der Waals surface area contributed by atoms with E-state index in [-0.39, 0.29) is 5.72 Å². The molecule has 0 aliphatic rings. The van der Waals surface area contributed by atoms with Gasteiger partial charge in [0.25, 0.3) is 5.78 Å². The van der Waals surface area contributed by atoms with Crippen molar-refractivity contribution in [2.75, 3.05) is 4.90 Å². The van der Waals surface area contributed by atoms with Crippen molar-refractivity contribution >= 4 is 56.6 Å². The van der Waals surface area contributed by atoms with Crippen LogP contribution in [0, 0.1) is 6.92 Å². The Balaban J connectivity index is 2.77. The highest BCUT2D eigenvalue weighted by Gasteiger charge is 2.32. The van der Waals surface area contributed by atoms with Crippen molar-refractivity contribution in [3.63, 3.8) is 0 Å². The molecule has 90 valence electrons. The van der Waals surface area contributed by atoms with Gasteiger partial charge in [0.2, 0.25) is 0 Å². The van der Waals surface area contributed by atoms with Crippen LogP contribution in [0.2, 0.25) is 0 Å². The predicted octanol–water partition coefficient (Wildman–Crippen LogP) is -1.95. The fraction of sp³-hybridized carbons (Fsp3) is 0.500. The number of aromatic nitrogens is 4. The van der Waals surface area contributed by atoms with Gasteiger partial charge in [-0.2, -0.15) is 9.61 Å².